The van der Waals surface area contributed by atoms with Crippen LogP contribution in [-0.2, 0) is 25.5 Å². The number of hydrogen-bond donors (Lipinski definition) is 0. The number of imide groups is 1. The fraction of sp³-hybridized carbons (Fsp3) is 0.579. The Labute approximate surface area is 147 Å². The maximum Gasteiger partial charge on any atom is 0.247 e. The van der Waals surface area contributed by atoms with Crippen molar-refractivity contribution in [1.82, 2.24) is 9.80 Å². The molecular weight excluding hydrogens is 320 g/mol. The van der Waals surface area contributed by atoms with E-state index in [2.05, 4.69) is 4.90 Å². The van der Waals surface area contributed by atoms with Gasteiger partial charge in [-0.15, -0.1) is 0 Å². The maximum atomic E-state index is 12.8. The molecule has 0 aliphatic carbocycles. The summed E-state index contributed by atoms with van der Waals surface area (Å²) in [5, 5.41) is 0. The molecule has 1 atom stereocenters. The summed E-state index contributed by atoms with van der Waals surface area (Å²) in [7, 11) is 0. The normalized spacial score (nSPS) is 26.7. The third kappa shape index (κ3) is 3.34. The van der Waals surface area contributed by atoms with Crippen LogP contribution in [0.2, 0.25) is 0 Å². The number of nitrogens with zero attached hydrogens (tertiary/aromatic N) is 2. The Morgan fingerprint density at radius 1 is 1.04 bits per heavy atom. The monoisotopic (exact) mass is 344 g/mol. The Morgan fingerprint density at radius 2 is 1.72 bits per heavy atom. The number of likely N-dealkylation sites (tertiary alicyclic amines) is 2. The fourth-order valence-electron chi connectivity index (χ4n) is 4.03. The number of rotatable bonds is 4. The van der Waals surface area contributed by atoms with Crippen LogP contribution < -0.4 is 0 Å². The van der Waals surface area contributed by atoms with Crippen molar-refractivity contribution in [2.24, 2.45) is 0 Å². The van der Waals surface area contributed by atoms with Gasteiger partial charge in [-0.25, -0.2) is 0 Å². The third-order valence-electron chi connectivity index (χ3n) is 5.50. The zero-order valence-corrected chi connectivity index (χ0v) is 14.4. The van der Waals surface area contributed by atoms with Gasteiger partial charge in [0.05, 0.1) is 25.7 Å². The van der Waals surface area contributed by atoms with Crippen LogP contribution in [-0.4, -0.2) is 66.3 Å². The molecule has 3 saturated heterocycles. The van der Waals surface area contributed by atoms with Crippen LogP contribution in [0.5, 0.6) is 0 Å². The summed E-state index contributed by atoms with van der Waals surface area (Å²) in [6, 6.07) is 9.64. The maximum absolute atomic E-state index is 12.8. The van der Waals surface area contributed by atoms with Crippen LogP contribution in [0.15, 0.2) is 30.3 Å². The SMILES string of the molecule is O=C1C[C@H](N2CCC3(CC2)OCCO3)C(=O)N1CCc1ccccc1. The van der Waals surface area contributed by atoms with E-state index >= 15 is 0 Å². The van der Waals surface area contributed by atoms with E-state index in [-0.39, 0.29) is 17.9 Å². The molecule has 0 aromatic heterocycles. The molecule has 3 fully saturated rings. The Kier molecular flexibility index (Phi) is 4.58. The number of benzene rings is 1. The van der Waals surface area contributed by atoms with Gasteiger partial charge in [0.2, 0.25) is 11.8 Å². The number of carbonyl (C=O) groups excluding carboxylic acids is 2. The van der Waals surface area contributed by atoms with Crippen LogP contribution in [0, 0.1) is 0 Å². The minimum atomic E-state index is -0.449. The molecule has 3 aliphatic heterocycles. The molecule has 25 heavy (non-hydrogen) atoms. The second-order valence-corrected chi connectivity index (χ2v) is 6.98. The number of amides is 2. The van der Waals surface area contributed by atoms with Gasteiger partial charge in [-0.1, -0.05) is 30.3 Å². The summed E-state index contributed by atoms with van der Waals surface area (Å²) in [5.74, 6) is -0.556. The highest BCUT2D eigenvalue weighted by Crippen LogP contribution is 2.33. The topological polar surface area (TPSA) is 59.1 Å². The lowest BCUT2D eigenvalue weighted by molar-refractivity contribution is -0.188. The highest BCUT2D eigenvalue weighted by Gasteiger charge is 2.46. The molecular formula is C19H24N2O4. The highest BCUT2D eigenvalue weighted by molar-refractivity contribution is 6.05. The molecule has 1 aromatic carbocycles. The lowest BCUT2D eigenvalue weighted by atomic mass is 10.0. The predicted octanol–water partition coefficient (Wildman–Crippen LogP) is 1.20. The molecule has 4 rings (SSSR count). The summed E-state index contributed by atoms with van der Waals surface area (Å²) < 4.78 is 11.5. The van der Waals surface area contributed by atoms with Crippen molar-refractivity contribution in [2.75, 3.05) is 32.8 Å². The predicted molar refractivity (Wildman–Crippen MR) is 90.7 cm³/mol. The van der Waals surface area contributed by atoms with E-state index in [9.17, 15) is 9.59 Å². The van der Waals surface area contributed by atoms with Gasteiger partial charge in [-0.05, 0) is 12.0 Å². The van der Waals surface area contributed by atoms with Gasteiger partial charge in [-0.3, -0.25) is 19.4 Å². The molecule has 0 bridgehead atoms. The van der Waals surface area contributed by atoms with Gasteiger partial charge in [0.15, 0.2) is 5.79 Å². The molecule has 6 heteroatoms. The third-order valence-corrected chi connectivity index (χ3v) is 5.50. The quantitative estimate of drug-likeness (QED) is 0.768. The van der Waals surface area contributed by atoms with Crippen molar-refractivity contribution in [2.45, 2.75) is 37.5 Å². The second kappa shape index (κ2) is 6.86. The Morgan fingerprint density at radius 3 is 2.40 bits per heavy atom. The molecule has 0 unspecified atom stereocenters. The zero-order valence-electron chi connectivity index (χ0n) is 14.4. The molecule has 2 amide bonds. The number of carbonyl (C=O) groups is 2. The highest BCUT2D eigenvalue weighted by atomic mass is 16.7. The second-order valence-electron chi connectivity index (χ2n) is 6.98. The number of hydrogen-bond acceptors (Lipinski definition) is 5. The molecule has 1 spiro atoms. The molecule has 0 saturated carbocycles. The number of piperidine rings is 1. The van der Waals surface area contributed by atoms with Crippen LogP contribution in [0.25, 0.3) is 0 Å². The van der Waals surface area contributed by atoms with Gasteiger partial charge < -0.3 is 9.47 Å². The first kappa shape index (κ1) is 16.7. The average Bonchev–Trinajstić information content (AvgIpc) is 3.20. The minimum absolute atomic E-state index is 0.0508. The van der Waals surface area contributed by atoms with Crippen LogP contribution in [0.3, 0.4) is 0 Å². The smallest absolute Gasteiger partial charge is 0.247 e. The Hall–Kier alpha value is -1.76. The van der Waals surface area contributed by atoms with Gasteiger partial charge in [0, 0.05) is 32.5 Å². The molecule has 1 aromatic rings. The van der Waals surface area contributed by atoms with Crippen molar-refractivity contribution in [3.8, 4) is 0 Å². The lowest BCUT2D eigenvalue weighted by Crippen LogP contribution is -2.51. The molecule has 6 nitrogen and oxygen atoms in total. The van der Waals surface area contributed by atoms with E-state index in [1.807, 2.05) is 30.3 Å². The summed E-state index contributed by atoms with van der Waals surface area (Å²) >= 11 is 0. The summed E-state index contributed by atoms with van der Waals surface area (Å²) in [5.41, 5.74) is 1.14. The molecule has 0 N–H and O–H groups in total. The van der Waals surface area contributed by atoms with Crippen LogP contribution in [0.4, 0.5) is 0 Å². The fourth-order valence-corrected chi connectivity index (χ4v) is 4.03. The van der Waals surface area contributed by atoms with Gasteiger partial charge in [-0.2, -0.15) is 0 Å². The Bertz CT molecular complexity index is 632. The van der Waals surface area contributed by atoms with Gasteiger partial charge in [0.25, 0.3) is 0 Å². The van der Waals surface area contributed by atoms with E-state index in [4.69, 9.17) is 9.47 Å². The van der Waals surface area contributed by atoms with Crippen molar-refractivity contribution < 1.29 is 19.1 Å². The molecule has 134 valence electrons. The first-order valence-corrected chi connectivity index (χ1v) is 9.07. The van der Waals surface area contributed by atoms with Gasteiger partial charge >= 0.3 is 0 Å². The summed E-state index contributed by atoms with van der Waals surface area (Å²) in [6.45, 7) is 3.22. The van der Waals surface area contributed by atoms with Crippen molar-refractivity contribution >= 4 is 11.8 Å². The van der Waals surface area contributed by atoms with E-state index in [0.29, 0.717) is 32.6 Å². The molecule has 0 radical (unpaired) electrons. The van der Waals surface area contributed by atoms with Crippen molar-refractivity contribution in [3.63, 3.8) is 0 Å². The standard InChI is InChI=1S/C19H24N2O4/c22-17-14-16(20-10-7-19(8-11-20)24-12-13-25-19)18(23)21(17)9-6-15-4-2-1-3-5-15/h1-5,16H,6-14H2/t16-/m0/s1. The Balaban J connectivity index is 1.35. The van der Waals surface area contributed by atoms with Crippen molar-refractivity contribution in [3.05, 3.63) is 35.9 Å². The number of ether oxygens (including phenoxy) is 2. The van der Waals surface area contributed by atoms with Crippen LogP contribution in [0.1, 0.15) is 24.8 Å². The zero-order chi connectivity index (χ0) is 17.3. The molecule has 3 aliphatic rings. The first-order chi connectivity index (χ1) is 12.2. The van der Waals surface area contributed by atoms with E-state index in [1.165, 1.54) is 4.90 Å². The van der Waals surface area contributed by atoms with Gasteiger partial charge in [0.1, 0.15) is 0 Å². The summed E-state index contributed by atoms with van der Waals surface area (Å²) in [6.07, 6.45) is 2.52. The van der Waals surface area contributed by atoms with E-state index in [0.717, 1.165) is 31.5 Å². The van der Waals surface area contributed by atoms with E-state index in [1.54, 1.807) is 0 Å². The largest absolute Gasteiger partial charge is 0.347 e. The minimum Gasteiger partial charge on any atom is -0.347 e. The van der Waals surface area contributed by atoms with Crippen LogP contribution >= 0.6 is 0 Å². The first-order valence-electron chi connectivity index (χ1n) is 9.07. The lowest BCUT2D eigenvalue weighted by Gasteiger charge is -2.39. The van der Waals surface area contributed by atoms with E-state index < -0.39 is 5.79 Å². The summed E-state index contributed by atoms with van der Waals surface area (Å²) in [4.78, 5) is 28.6. The van der Waals surface area contributed by atoms with Crippen molar-refractivity contribution in [1.29, 1.82) is 0 Å². The average molecular weight is 344 g/mol. The molecule has 3 heterocycles.